The van der Waals surface area contributed by atoms with Crippen LogP contribution < -0.4 is 19.5 Å². The van der Waals surface area contributed by atoms with Gasteiger partial charge in [-0.2, -0.15) is 0 Å². The van der Waals surface area contributed by atoms with Crippen molar-refractivity contribution in [2.75, 3.05) is 20.8 Å². The fourth-order valence-electron chi connectivity index (χ4n) is 2.56. The van der Waals surface area contributed by atoms with Crippen molar-refractivity contribution in [2.24, 2.45) is 0 Å². The monoisotopic (exact) mass is 485 g/mol. The van der Waals surface area contributed by atoms with E-state index in [1.54, 1.807) is 14.2 Å². The second-order valence-electron chi connectivity index (χ2n) is 6.17. The van der Waals surface area contributed by atoms with Gasteiger partial charge in [0.2, 0.25) is 0 Å². The van der Waals surface area contributed by atoms with Gasteiger partial charge in [-0.25, -0.2) is 0 Å². The minimum atomic E-state index is 0.132. The summed E-state index contributed by atoms with van der Waals surface area (Å²) in [5.74, 6) is 2.36. The lowest BCUT2D eigenvalue weighted by atomic mass is 10.1. The number of ether oxygens (including phenoxy) is 3. The van der Waals surface area contributed by atoms with Crippen LogP contribution in [0.5, 0.6) is 17.2 Å². The molecule has 0 amide bonds. The highest BCUT2D eigenvalue weighted by atomic mass is 79.9. The Kier molecular flexibility index (Phi) is 8.25. The van der Waals surface area contributed by atoms with Gasteiger partial charge in [-0.3, -0.25) is 0 Å². The van der Waals surface area contributed by atoms with Gasteiger partial charge in [0.05, 0.1) is 29.3 Å². The van der Waals surface area contributed by atoms with E-state index < -0.39 is 0 Å². The molecule has 0 aliphatic carbocycles. The number of halogens is 2. The van der Waals surface area contributed by atoms with Gasteiger partial charge in [0.15, 0.2) is 11.5 Å². The van der Waals surface area contributed by atoms with Crippen LogP contribution in [0.2, 0.25) is 0 Å². The van der Waals surface area contributed by atoms with E-state index in [9.17, 15) is 0 Å². The smallest absolute Gasteiger partial charge is 0.160 e. The van der Waals surface area contributed by atoms with Crippen LogP contribution in [0.15, 0.2) is 39.3 Å². The first kappa shape index (κ1) is 21.1. The molecule has 0 aromatic heterocycles. The van der Waals surface area contributed by atoms with Crippen LogP contribution in [-0.2, 0) is 13.0 Å². The summed E-state index contributed by atoms with van der Waals surface area (Å²) in [4.78, 5) is 0. The third-order valence-corrected chi connectivity index (χ3v) is 4.96. The lowest BCUT2D eigenvalue weighted by molar-refractivity contribution is 0.239. The van der Waals surface area contributed by atoms with Gasteiger partial charge in [-0.05, 0) is 94.1 Å². The summed E-state index contributed by atoms with van der Waals surface area (Å²) >= 11 is 7.19. The Morgan fingerprint density at radius 1 is 0.923 bits per heavy atom. The molecule has 2 aromatic carbocycles. The quantitative estimate of drug-likeness (QED) is 0.485. The lowest BCUT2D eigenvalue weighted by Crippen LogP contribution is -2.17. The van der Waals surface area contributed by atoms with E-state index in [0.717, 1.165) is 45.7 Å². The molecule has 142 valence electrons. The standard InChI is InChI=1S/C20H25Br2NO3/c1-13(2)26-20-16(21)9-15(10-17(20)22)12-23-8-7-14-5-6-18(24-3)19(11-14)25-4/h5-6,9-11,13,23H,7-8,12H2,1-4H3. The maximum Gasteiger partial charge on any atom is 0.160 e. The molecular formula is C20H25Br2NO3. The summed E-state index contributed by atoms with van der Waals surface area (Å²) in [7, 11) is 3.30. The molecule has 0 aliphatic heterocycles. The van der Waals surface area contributed by atoms with E-state index in [1.807, 2.05) is 26.0 Å². The molecule has 0 aliphatic rings. The largest absolute Gasteiger partial charge is 0.493 e. The third-order valence-electron chi connectivity index (χ3n) is 3.78. The highest BCUT2D eigenvalue weighted by molar-refractivity contribution is 9.11. The zero-order chi connectivity index (χ0) is 19.1. The van der Waals surface area contributed by atoms with E-state index in [2.05, 4.69) is 55.4 Å². The molecule has 6 heteroatoms. The molecule has 4 nitrogen and oxygen atoms in total. The van der Waals surface area contributed by atoms with E-state index in [-0.39, 0.29) is 6.10 Å². The normalized spacial score (nSPS) is 10.9. The third kappa shape index (κ3) is 5.89. The fraction of sp³-hybridized carbons (Fsp3) is 0.400. The summed E-state index contributed by atoms with van der Waals surface area (Å²) < 4.78 is 18.4. The van der Waals surface area contributed by atoms with Crippen molar-refractivity contribution in [3.05, 3.63) is 50.4 Å². The molecule has 1 N–H and O–H groups in total. The first-order valence-electron chi connectivity index (χ1n) is 8.50. The Hall–Kier alpha value is -1.24. The molecule has 0 radical (unpaired) electrons. The van der Waals surface area contributed by atoms with Crippen LogP contribution >= 0.6 is 31.9 Å². The van der Waals surface area contributed by atoms with Crippen LogP contribution in [0.4, 0.5) is 0 Å². The Labute approximate surface area is 172 Å². The Morgan fingerprint density at radius 2 is 1.58 bits per heavy atom. The average Bonchev–Trinajstić information content (AvgIpc) is 2.61. The number of hydrogen-bond donors (Lipinski definition) is 1. The predicted molar refractivity (Wildman–Crippen MR) is 113 cm³/mol. The molecule has 0 heterocycles. The van der Waals surface area contributed by atoms with Crippen molar-refractivity contribution >= 4 is 31.9 Å². The maximum atomic E-state index is 5.82. The van der Waals surface area contributed by atoms with Crippen molar-refractivity contribution in [1.82, 2.24) is 5.32 Å². The summed E-state index contributed by atoms with van der Waals surface area (Å²) in [6.07, 6.45) is 1.05. The van der Waals surface area contributed by atoms with Gasteiger partial charge in [-0.1, -0.05) is 6.07 Å². The number of hydrogen-bond acceptors (Lipinski definition) is 4. The van der Waals surface area contributed by atoms with Crippen molar-refractivity contribution in [3.8, 4) is 17.2 Å². The van der Waals surface area contributed by atoms with Gasteiger partial charge < -0.3 is 19.5 Å². The Morgan fingerprint density at radius 3 is 2.15 bits per heavy atom. The highest BCUT2D eigenvalue weighted by Gasteiger charge is 2.10. The van der Waals surface area contributed by atoms with Gasteiger partial charge in [0.1, 0.15) is 5.75 Å². The first-order valence-corrected chi connectivity index (χ1v) is 10.1. The van der Waals surface area contributed by atoms with Crippen LogP contribution in [0, 0.1) is 0 Å². The highest BCUT2D eigenvalue weighted by Crippen LogP contribution is 2.35. The average molecular weight is 487 g/mol. The zero-order valence-corrected chi connectivity index (χ0v) is 18.7. The summed E-state index contributed by atoms with van der Waals surface area (Å²) in [6.45, 7) is 5.69. The van der Waals surface area contributed by atoms with Gasteiger partial charge in [0, 0.05) is 6.54 Å². The number of methoxy groups -OCH3 is 2. The van der Waals surface area contributed by atoms with Gasteiger partial charge in [0.25, 0.3) is 0 Å². The van der Waals surface area contributed by atoms with Crippen molar-refractivity contribution in [1.29, 1.82) is 0 Å². The molecule has 0 saturated carbocycles. The number of benzene rings is 2. The molecule has 26 heavy (non-hydrogen) atoms. The minimum Gasteiger partial charge on any atom is -0.493 e. The van der Waals surface area contributed by atoms with Crippen molar-refractivity contribution < 1.29 is 14.2 Å². The SMILES string of the molecule is COc1ccc(CCNCc2cc(Br)c(OC(C)C)c(Br)c2)cc1OC. The summed E-state index contributed by atoms with van der Waals surface area (Å²) in [5.41, 5.74) is 2.39. The zero-order valence-electron chi connectivity index (χ0n) is 15.6. The topological polar surface area (TPSA) is 39.7 Å². The number of rotatable bonds is 9. The molecule has 0 unspecified atom stereocenters. The Bertz CT molecular complexity index is 712. The second kappa shape index (κ2) is 10.2. The van der Waals surface area contributed by atoms with Crippen LogP contribution in [0.1, 0.15) is 25.0 Å². The minimum absolute atomic E-state index is 0.132. The maximum absolute atomic E-state index is 5.82. The first-order chi connectivity index (χ1) is 12.4. The molecule has 2 rings (SSSR count). The molecule has 0 bridgehead atoms. The predicted octanol–water partition coefficient (Wildman–Crippen LogP) is 5.35. The molecule has 0 fully saturated rings. The molecular weight excluding hydrogens is 462 g/mol. The lowest BCUT2D eigenvalue weighted by Gasteiger charge is -2.15. The second-order valence-corrected chi connectivity index (χ2v) is 7.88. The summed E-state index contributed by atoms with van der Waals surface area (Å²) in [5, 5.41) is 3.48. The number of nitrogens with one attached hydrogen (secondary N) is 1. The van der Waals surface area contributed by atoms with E-state index in [1.165, 1.54) is 11.1 Å². The van der Waals surface area contributed by atoms with Crippen molar-refractivity contribution in [2.45, 2.75) is 32.9 Å². The van der Waals surface area contributed by atoms with Crippen molar-refractivity contribution in [3.63, 3.8) is 0 Å². The van der Waals surface area contributed by atoms with E-state index in [4.69, 9.17) is 14.2 Å². The van der Waals surface area contributed by atoms with Crippen LogP contribution in [0.25, 0.3) is 0 Å². The molecule has 0 saturated heterocycles. The summed E-state index contributed by atoms with van der Waals surface area (Å²) in [6, 6.07) is 10.2. The van der Waals surface area contributed by atoms with Gasteiger partial charge in [-0.15, -0.1) is 0 Å². The fourth-order valence-corrected chi connectivity index (χ4v) is 4.03. The van der Waals surface area contributed by atoms with E-state index >= 15 is 0 Å². The van der Waals surface area contributed by atoms with E-state index in [0.29, 0.717) is 0 Å². The van der Waals surface area contributed by atoms with Gasteiger partial charge >= 0.3 is 0 Å². The Balaban J connectivity index is 1.90. The van der Waals surface area contributed by atoms with Crippen LogP contribution in [0.3, 0.4) is 0 Å². The molecule has 0 atom stereocenters. The molecule has 0 spiro atoms. The van der Waals surface area contributed by atoms with Crippen LogP contribution in [-0.4, -0.2) is 26.9 Å². The molecule has 2 aromatic rings.